The number of anilines is 1. The van der Waals surface area contributed by atoms with Gasteiger partial charge >= 0.3 is 0 Å². The van der Waals surface area contributed by atoms with Gasteiger partial charge in [-0.05, 0) is 36.5 Å². The van der Waals surface area contributed by atoms with Crippen molar-refractivity contribution in [2.45, 2.75) is 26.4 Å². The molecule has 0 radical (unpaired) electrons. The third-order valence-electron chi connectivity index (χ3n) is 3.10. The lowest BCUT2D eigenvalue weighted by atomic mass is 9.99. The van der Waals surface area contributed by atoms with Crippen LogP contribution in [0.25, 0.3) is 0 Å². The minimum Gasteiger partial charge on any atom is -0.392 e. The van der Waals surface area contributed by atoms with Crippen LogP contribution in [0.2, 0.25) is 0 Å². The fraction of sp³-hybridized carbons (Fsp3) is 0.583. The molecule has 0 aromatic carbocycles. The summed E-state index contributed by atoms with van der Waals surface area (Å²) < 4.78 is 0. The molecule has 1 aliphatic rings. The molecule has 1 aromatic rings. The molecule has 1 aliphatic heterocycles. The van der Waals surface area contributed by atoms with E-state index in [2.05, 4.69) is 16.8 Å². The highest BCUT2D eigenvalue weighted by atomic mass is 16.3. The van der Waals surface area contributed by atoms with Crippen molar-refractivity contribution in [1.29, 1.82) is 0 Å². The van der Waals surface area contributed by atoms with Gasteiger partial charge in [0.15, 0.2) is 0 Å². The highest BCUT2D eigenvalue weighted by Gasteiger charge is 2.16. The van der Waals surface area contributed by atoms with E-state index in [-0.39, 0.29) is 6.61 Å². The van der Waals surface area contributed by atoms with E-state index in [1.807, 2.05) is 12.1 Å². The van der Waals surface area contributed by atoms with Gasteiger partial charge in [-0.1, -0.05) is 6.92 Å². The van der Waals surface area contributed by atoms with Crippen LogP contribution in [0.4, 0.5) is 5.82 Å². The summed E-state index contributed by atoms with van der Waals surface area (Å²) in [5.74, 6) is 1.84. The normalized spacial score (nSPS) is 18.1. The standard InChI is InChI=1S/C12H18N2O/c1-10-3-6-14(7-4-10)12-8-11(9-15)2-5-13-12/h2,5,8,10,15H,3-4,6-7,9H2,1H3. The van der Waals surface area contributed by atoms with Crippen LogP contribution >= 0.6 is 0 Å². The Hall–Kier alpha value is -1.09. The first-order valence-corrected chi connectivity index (χ1v) is 5.60. The first-order valence-electron chi connectivity index (χ1n) is 5.60. The van der Waals surface area contributed by atoms with Crippen LogP contribution in [0.1, 0.15) is 25.3 Å². The minimum atomic E-state index is 0.0970. The van der Waals surface area contributed by atoms with E-state index in [1.165, 1.54) is 12.8 Å². The van der Waals surface area contributed by atoms with E-state index in [9.17, 15) is 0 Å². The molecule has 82 valence electrons. The van der Waals surface area contributed by atoms with Crippen LogP contribution in [-0.4, -0.2) is 23.2 Å². The molecule has 15 heavy (non-hydrogen) atoms. The minimum absolute atomic E-state index is 0.0970. The van der Waals surface area contributed by atoms with Gasteiger partial charge in [0, 0.05) is 19.3 Å². The summed E-state index contributed by atoms with van der Waals surface area (Å²) in [7, 11) is 0. The number of nitrogens with zero attached hydrogens (tertiary/aromatic N) is 2. The zero-order valence-electron chi connectivity index (χ0n) is 9.19. The Kier molecular flexibility index (Phi) is 3.21. The monoisotopic (exact) mass is 206 g/mol. The van der Waals surface area contributed by atoms with E-state index < -0.39 is 0 Å². The first-order chi connectivity index (χ1) is 7.29. The van der Waals surface area contributed by atoms with Crippen molar-refractivity contribution < 1.29 is 5.11 Å². The fourth-order valence-electron chi connectivity index (χ4n) is 1.97. The van der Waals surface area contributed by atoms with Gasteiger partial charge in [0.2, 0.25) is 0 Å². The van der Waals surface area contributed by atoms with Crippen molar-refractivity contribution in [2.75, 3.05) is 18.0 Å². The van der Waals surface area contributed by atoms with Crippen LogP contribution in [-0.2, 0) is 6.61 Å². The van der Waals surface area contributed by atoms with Gasteiger partial charge in [-0.15, -0.1) is 0 Å². The molecule has 2 heterocycles. The Morgan fingerprint density at radius 1 is 1.47 bits per heavy atom. The molecule has 1 fully saturated rings. The second-order valence-electron chi connectivity index (χ2n) is 4.35. The largest absolute Gasteiger partial charge is 0.392 e. The molecule has 0 bridgehead atoms. The summed E-state index contributed by atoms with van der Waals surface area (Å²) in [4.78, 5) is 6.66. The third-order valence-corrected chi connectivity index (χ3v) is 3.10. The van der Waals surface area contributed by atoms with Crippen LogP contribution in [0.3, 0.4) is 0 Å². The highest BCUT2D eigenvalue weighted by molar-refractivity contribution is 5.41. The average Bonchev–Trinajstić information content (AvgIpc) is 2.30. The van der Waals surface area contributed by atoms with Crippen molar-refractivity contribution in [3.63, 3.8) is 0 Å². The third kappa shape index (κ3) is 2.48. The summed E-state index contributed by atoms with van der Waals surface area (Å²) in [6, 6.07) is 3.84. The van der Waals surface area contributed by atoms with Gasteiger partial charge in [0.1, 0.15) is 5.82 Å². The summed E-state index contributed by atoms with van der Waals surface area (Å²) in [6.07, 6.45) is 4.26. The molecule has 0 spiro atoms. The number of pyridine rings is 1. The van der Waals surface area contributed by atoms with Gasteiger partial charge in [-0.3, -0.25) is 0 Å². The molecular formula is C12H18N2O. The lowest BCUT2D eigenvalue weighted by Crippen LogP contribution is -2.33. The molecule has 1 saturated heterocycles. The van der Waals surface area contributed by atoms with Gasteiger partial charge in [-0.2, -0.15) is 0 Å². The summed E-state index contributed by atoms with van der Waals surface area (Å²) >= 11 is 0. The van der Waals surface area contributed by atoms with Crippen molar-refractivity contribution in [3.8, 4) is 0 Å². The smallest absolute Gasteiger partial charge is 0.128 e. The molecule has 1 aromatic heterocycles. The number of aliphatic hydroxyl groups is 1. The predicted molar refractivity (Wildman–Crippen MR) is 60.8 cm³/mol. The van der Waals surface area contributed by atoms with E-state index in [4.69, 9.17) is 5.11 Å². The molecule has 0 saturated carbocycles. The Balaban J connectivity index is 2.08. The molecular weight excluding hydrogens is 188 g/mol. The Morgan fingerprint density at radius 3 is 2.87 bits per heavy atom. The molecule has 3 nitrogen and oxygen atoms in total. The van der Waals surface area contributed by atoms with E-state index in [0.29, 0.717) is 0 Å². The Morgan fingerprint density at radius 2 is 2.20 bits per heavy atom. The number of hydrogen-bond donors (Lipinski definition) is 1. The summed E-state index contributed by atoms with van der Waals surface area (Å²) in [5.41, 5.74) is 0.943. The van der Waals surface area contributed by atoms with Crippen LogP contribution < -0.4 is 4.90 Å². The number of aliphatic hydroxyl groups excluding tert-OH is 1. The number of aromatic nitrogens is 1. The quantitative estimate of drug-likeness (QED) is 0.801. The maximum atomic E-state index is 9.06. The summed E-state index contributed by atoms with van der Waals surface area (Å²) in [5, 5.41) is 9.06. The van der Waals surface area contributed by atoms with Crippen molar-refractivity contribution in [3.05, 3.63) is 23.9 Å². The van der Waals surface area contributed by atoms with E-state index in [0.717, 1.165) is 30.4 Å². The molecule has 0 atom stereocenters. The Bertz CT molecular complexity index is 319. The van der Waals surface area contributed by atoms with Crippen LogP contribution in [0.5, 0.6) is 0 Å². The molecule has 3 heteroatoms. The molecule has 0 aliphatic carbocycles. The first kappa shape index (κ1) is 10.4. The van der Waals surface area contributed by atoms with Gasteiger partial charge in [0.05, 0.1) is 6.61 Å². The SMILES string of the molecule is CC1CCN(c2cc(CO)ccn2)CC1. The zero-order chi connectivity index (χ0) is 10.7. The number of rotatable bonds is 2. The Labute approximate surface area is 90.8 Å². The topological polar surface area (TPSA) is 36.4 Å². The van der Waals surface area contributed by atoms with Crippen molar-refractivity contribution in [2.24, 2.45) is 5.92 Å². The average molecular weight is 206 g/mol. The molecule has 0 unspecified atom stereocenters. The lowest BCUT2D eigenvalue weighted by molar-refractivity contribution is 0.281. The van der Waals surface area contributed by atoms with Gasteiger partial charge < -0.3 is 10.0 Å². The fourth-order valence-corrected chi connectivity index (χ4v) is 1.97. The van der Waals surface area contributed by atoms with Crippen molar-refractivity contribution in [1.82, 2.24) is 4.98 Å². The van der Waals surface area contributed by atoms with Crippen molar-refractivity contribution >= 4 is 5.82 Å². The van der Waals surface area contributed by atoms with Gasteiger partial charge in [0.25, 0.3) is 0 Å². The summed E-state index contributed by atoms with van der Waals surface area (Å²) in [6.45, 7) is 4.57. The van der Waals surface area contributed by atoms with Crippen LogP contribution in [0.15, 0.2) is 18.3 Å². The second kappa shape index (κ2) is 4.62. The van der Waals surface area contributed by atoms with Gasteiger partial charge in [-0.25, -0.2) is 4.98 Å². The lowest BCUT2D eigenvalue weighted by Gasteiger charge is -2.31. The maximum absolute atomic E-state index is 9.06. The van der Waals surface area contributed by atoms with E-state index in [1.54, 1.807) is 6.20 Å². The second-order valence-corrected chi connectivity index (χ2v) is 4.35. The highest BCUT2D eigenvalue weighted by Crippen LogP contribution is 2.21. The maximum Gasteiger partial charge on any atom is 0.128 e. The van der Waals surface area contributed by atoms with Crippen LogP contribution in [0, 0.1) is 5.92 Å². The predicted octanol–water partition coefficient (Wildman–Crippen LogP) is 1.81. The number of hydrogen-bond acceptors (Lipinski definition) is 3. The number of piperidine rings is 1. The molecule has 1 N–H and O–H groups in total. The molecule has 0 amide bonds. The van der Waals surface area contributed by atoms with E-state index >= 15 is 0 Å². The molecule has 2 rings (SSSR count). The zero-order valence-corrected chi connectivity index (χ0v) is 9.19.